The van der Waals surface area contributed by atoms with E-state index < -0.39 is 0 Å². The van der Waals surface area contributed by atoms with Crippen LogP contribution in [-0.2, 0) is 0 Å². The quantitative estimate of drug-likeness (QED) is 0.671. The summed E-state index contributed by atoms with van der Waals surface area (Å²) >= 11 is 0. The van der Waals surface area contributed by atoms with Gasteiger partial charge in [0.2, 0.25) is 0 Å². The van der Waals surface area contributed by atoms with Crippen LogP contribution < -0.4 is 5.32 Å². The Morgan fingerprint density at radius 2 is 1.67 bits per heavy atom. The number of rotatable bonds is 8. The molecule has 3 nitrogen and oxygen atoms in total. The zero-order chi connectivity index (χ0) is 13.4. The molecule has 0 aromatic heterocycles. The van der Waals surface area contributed by atoms with E-state index in [9.17, 15) is 0 Å². The van der Waals surface area contributed by atoms with Crippen LogP contribution in [0.1, 0.15) is 46.5 Å². The molecular formula is C15H33N3. The van der Waals surface area contributed by atoms with Crippen LogP contribution in [-0.4, -0.2) is 61.7 Å². The molecule has 2 unspecified atom stereocenters. The number of hydrogen-bond donors (Lipinski definition) is 1. The third kappa shape index (κ3) is 5.68. The van der Waals surface area contributed by atoms with Gasteiger partial charge in [-0.3, -0.25) is 9.80 Å². The maximum absolute atomic E-state index is 3.58. The van der Waals surface area contributed by atoms with Crippen molar-refractivity contribution < 1.29 is 0 Å². The summed E-state index contributed by atoms with van der Waals surface area (Å²) in [6.45, 7) is 12.9. The Hall–Kier alpha value is -0.120. The summed E-state index contributed by atoms with van der Waals surface area (Å²) in [7, 11) is 2.25. The van der Waals surface area contributed by atoms with E-state index in [4.69, 9.17) is 0 Å². The Labute approximate surface area is 114 Å². The molecule has 1 aliphatic rings. The first-order chi connectivity index (χ1) is 8.65. The van der Waals surface area contributed by atoms with Gasteiger partial charge in [-0.25, -0.2) is 0 Å². The SMILES string of the molecule is CCCCCCNCCN1CC(C)N(C)C(C)C1. The molecule has 3 heteroatoms. The van der Waals surface area contributed by atoms with Crippen molar-refractivity contribution in [2.75, 3.05) is 39.8 Å². The highest BCUT2D eigenvalue weighted by molar-refractivity contribution is 4.82. The lowest BCUT2D eigenvalue weighted by Crippen LogP contribution is -2.55. The van der Waals surface area contributed by atoms with Crippen LogP contribution >= 0.6 is 0 Å². The number of likely N-dealkylation sites (N-methyl/N-ethyl adjacent to an activating group) is 1. The standard InChI is InChI=1S/C15H33N3/c1-5-6-7-8-9-16-10-11-18-12-14(2)17(4)15(3)13-18/h14-16H,5-13H2,1-4H3. The van der Waals surface area contributed by atoms with Crippen molar-refractivity contribution in [3.63, 3.8) is 0 Å². The average molecular weight is 255 g/mol. The predicted molar refractivity (Wildman–Crippen MR) is 80.1 cm³/mol. The maximum atomic E-state index is 3.58. The molecule has 18 heavy (non-hydrogen) atoms. The summed E-state index contributed by atoms with van der Waals surface area (Å²) < 4.78 is 0. The van der Waals surface area contributed by atoms with Crippen LogP contribution in [0, 0.1) is 0 Å². The number of piperazine rings is 1. The van der Waals surface area contributed by atoms with Crippen molar-refractivity contribution in [1.29, 1.82) is 0 Å². The molecule has 1 rings (SSSR count). The van der Waals surface area contributed by atoms with Gasteiger partial charge in [-0.2, -0.15) is 0 Å². The smallest absolute Gasteiger partial charge is 0.0195 e. The largest absolute Gasteiger partial charge is 0.315 e. The highest BCUT2D eigenvalue weighted by atomic mass is 15.3. The molecular weight excluding hydrogens is 222 g/mol. The summed E-state index contributed by atoms with van der Waals surface area (Å²) in [6, 6.07) is 1.39. The van der Waals surface area contributed by atoms with Crippen LogP contribution in [0.25, 0.3) is 0 Å². The zero-order valence-corrected chi connectivity index (χ0v) is 12.9. The molecule has 0 aromatic carbocycles. The molecule has 1 saturated heterocycles. The molecule has 0 radical (unpaired) electrons. The second-order valence-electron chi connectivity index (χ2n) is 5.93. The topological polar surface area (TPSA) is 18.5 Å². The molecule has 0 amide bonds. The van der Waals surface area contributed by atoms with Crippen molar-refractivity contribution in [3.8, 4) is 0 Å². The maximum Gasteiger partial charge on any atom is 0.0195 e. The fraction of sp³-hybridized carbons (Fsp3) is 1.00. The first-order valence-electron chi connectivity index (χ1n) is 7.80. The minimum absolute atomic E-state index is 0.693. The molecule has 0 aromatic rings. The molecule has 1 fully saturated rings. The van der Waals surface area contributed by atoms with Gasteiger partial charge in [0.25, 0.3) is 0 Å². The lowest BCUT2D eigenvalue weighted by molar-refractivity contribution is 0.0608. The molecule has 0 spiro atoms. The zero-order valence-electron chi connectivity index (χ0n) is 12.9. The van der Waals surface area contributed by atoms with E-state index in [1.54, 1.807) is 0 Å². The van der Waals surface area contributed by atoms with E-state index in [2.05, 4.69) is 42.9 Å². The van der Waals surface area contributed by atoms with Crippen molar-refractivity contribution in [1.82, 2.24) is 15.1 Å². The summed E-state index contributed by atoms with van der Waals surface area (Å²) in [5.74, 6) is 0. The highest BCUT2D eigenvalue weighted by Crippen LogP contribution is 2.12. The second kappa shape index (κ2) is 8.89. The normalized spacial score (nSPS) is 26.7. The van der Waals surface area contributed by atoms with Gasteiger partial charge >= 0.3 is 0 Å². The first-order valence-corrected chi connectivity index (χ1v) is 7.80. The van der Waals surface area contributed by atoms with Gasteiger partial charge < -0.3 is 5.32 Å². The van der Waals surface area contributed by atoms with E-state index in [1.807, 2.05) is 0 Å². The Balaban J connectivity index is 2.02. The summed E-state index contributed by atoms with van der Waals surface area (Å²) in [4.78, 5) is 5.10. The number of unbranched alkanes of at least 4 members (excludes halogenated alkanes) is 3. The van der Waals surface area contributed by atoms with Gasteiger partial charge in [0.05, 0.1) is 0 Å². The Morgan fingerprint density at radius 3 is 2.28 bits per heavy atom. The minimum atomic E-state index is 0.693. The Kier molecular flexibility index (Phi) is 7.87. The molecule has 1 N–H and O–H groups in total. The Bertz CT molecular complexity index is 196. The third-order valence-corrected chi connectivity index (χ3v) is 4.25. The van der Waals surface area contributed by atoms with Crippen molar-refractivity contribution >= 4 is 0 Å². The molecule has 108 valence electrons. The number of nitrogens with one attached hydrogen (secondary N) is 1. The van der Waals surface area contributed by atoms with Crippen LogP contribution in [0.2, 0.25) is 0 Å². The van der Waals surface area contributed by atoms with E-state index in [1.165, 1.54) is 51.9 Å². The summed E-state index contributed by atoms with van der Waals surface area (Å²) in [5, 5.41) is 3.58. The van der Waals surface area contributed by atoms with Gasteiger partial charge in [0.15, 0.2) is 0 Å². The highest BCUT2D eigenvalue weighted by Gasteiger charge is 2.25. The van der Waals surface area contributed by atoms with Gasteiger partial charge in [-0.05, 0) is 33.9 Å². The van der Waals surface area contributed by atoms with Crippen LogP contribution in [0.5, 0.6) is 0 Å². The van der Waals surface area contributed by atoms with Gasteiger partial charge in [0, 0.05) is 38.3 Å². The second-order valence-corrected chi connectivity index (χ2v) is 5.93. The molecule has 0 saturated carbocycles. The third-order valence-electron chi connectivity index (χ3n) is 4.25. The lowest BCUT2D eigenvalue weighted by atomic mass is 10.1. The fourth-order valence-electron chi connectivity index (χ4n) is 2.74. The summed E-state index contributed by atoms with van der Waals surface area (Å²) in [6.07, 6.45) is 5.43. The van der Waals surface area contributed by atoms with Crippen molar-refractivity contribution in [2.45, 2.75) is 58.5 Å². The molecule has 1 aliphatic heterocycles. The van der Waals surface area contributed by atoms with E-state index in [0.717, 1.165) is 6.54 Å². The van der Waals surface area contributed by atoms with E-state index in [-0.39, 0.29) is 0 Å². The predicted octanol–water partition coefficient (Wildman–Crippen LogP) is 2.18. The summed E-state index contributed by atoms with van der Waals surface area (Å²) in [5.41, 5.74) is 0. The average Bonchev–Trinajstić information content (AvgIpc) is 2.34. The Morgan fingerprint density at radius 1 is 1.00 bits per heavy atom. The number of hydrogen-bond acceptors (Lipinski definition) is 3. The lowest BCUT2D eigenvalue weighted by Gasteiger charge is -2.42. The minimum Gasteiger partial charge on any atom is -0.315 e. The first kappa shape index (κ1) is 15.9. The van der Waals surface area contributed by atoms with Crippen LogP contribution in [0.15, 0.2) is 0 Å². The molecule has 2 atom stereocenters. The molecule has 1 heterocycles. The molecule has 0 bridgehead atoms. The van der Waals surface area contributed by atoms with E-state index >= 15 is 0 Å². The number of nitrogens with zero attached hydrogens (tertiary/aromatic N) is 2. The monoisotopic (exact) mass is 255 g/mol. The van der Waals surface area contributed by atoms with Gasteiger partial charge in [0.1, 0.15) is 0 Å². The van der Waals surface area contributed by atoms with E-state index in [0.29, 0.717) is 12.1 Å². The fourth-order valence-corrected chi connectivity index (χ4v) is 2.74. The molecule has 0 aliphatic carbocycles. The van der Waals surface area contributed by atoms with Crippen LogP contribution in [0.4, 0.5) is 0 Å². The van der Waals surface area contributed by atoms with Crippen molar-refractivity contribution in [3.05, 3.63) is 0 Å². The van der Waals surface area contributed by atoms with Crippen molar-refractivity contribution in [2.24, 2.45) is 0 Å². The van der Waals surface area contributed by atoms with Gasteiger partial charge in [-0.15, -0.1) is 0 Å². The van der Waals surface area contributed by atoms with Crippen LogP contribution in [0.3, 0.4) is 0 Å². The van der Waals surface area contributed by atoms with Gasteiger partial charge in [-0.1, -0.05) is 26.2 Å².